The smallest absolute Gasteiger partial charge is 0.181 e. The van der Waals surface area contributed by atoms with Gasteiger partial charge in [0.25, 0.3) is 0 Å². The molecule has 0 saturated carbocycles. The summed E-state index contributed by atoms with van der Waals surface area (Å²) in [7, 11) is 1.96. The van der Waals surface area contributed by atoms with Gasteiger partial charge in [-0.15, -0.1) is 0 Å². The Morgan fingerprint density at radius 2 is 1.48 bits per heavy atom. The van der Waals surface area contributed by atoms with E-state index in [-0.39, 0.29) is 0 Å². The minimum Gasteiger partial charge on any atom is -0.456 e. The molecule has 0 bridgehead atoms. The number of hydrogen-bond acceptors (Lipinski definition) is 6. The van der Waals surface area contributed by atoms with Gasteiger partial charge in [0.1, 0.15) is 17.6 Å². The van der Waals surface area contributed by atoms with Crippen LogP contribution in [0.25, 0.3) is 22.3 Å². The third-order valence-corrected chi connectivity index (χ3v) is 7.41. The molecule has 0 fully saturated rings. The van der Waals surface area contributed by atoms with Crippen LogP contribution in [0.4, 0.5) is 11.4 Å². The van der Waals surface area contributed by atoms with Gasteiger partial charge in [-0.25, -0.2) is 0 Å². The lowest BCUT2D eigenvalue weighted by atomic mass is 10.00. The molecule has 0 spiro atoms. The Kier molecular flexibility index (Phi) is 8.69. The van der Waals surface area contributed by atoms with E-state index in [4.69, 9.17) is 9.15 Å². The first-order chi connectivity index (χ1) is 20.1. The summed E-state index contributed by atoms with van der Waals surface area (Å²) in [4.78, 5) is 2.04. The van der Waals surface area contributed by atoms with Gasteiger partial charge in [-0.3, -0.25) is 0 Å². The van der Waals surface area contributed by atoms with E-state index >= 15 is 0 Å². The first-order valence-electron chi connectivity index (χ1n) is 14.4. The number of ether oxygens (including phenoxy) is 1. The number of para-hydroxylation sites is 1. The van der Waals surface area contributed by atoms with Crippen molar-refractivity contribution >= 4 is 22.3 Å². The topological polar surface area (TPSA) is 78.1 Å². The van der Waals surface area contributed by atoms with Gasteiger partial charge < -0.3 is 29.6 Å². The lowest BCUT2D eigenvalue weighted by Gasteiger charge is -2.35. The number of likely N-dealkylation sites (N-methyl/N-ethyl adjacent to an activating group) is 1. The van der Waals surface area contributed by atoms with Gasteiger partial charge in [0.05, 0.1) is 11.6 Å². The standard InChI is InChI=1S/C36H40N2O4/c1-6-24-11-13-26(14-12-24)33(38(5)30-21-17-27(18-22-30)35(40)42-36(2,3)4)34(39)37-29-19-15-25(16-20-29)32-23-28-9-7-8-10-31(28)41-32/h7-23,33-35,37,39-40H,6H2,1-5H3. The maximum atomic E-state index is 11.6. The van der Waals surface area contributed by atoms with E-state index < -0.39 is 24.2 Å². The zero-order valence-corrected chi connectivity index (χ0v) is 24.9. The molecule has 0 aliphatic rings. The minimum atomic E-state index is -1.02. The highest BCUT2D eigenvalue weighted by Crippen LogP contribution is 2.33. The van der Waals surface area contributed by atoms with Crippen LogP contribution >= 0.6 is 0 Å². The molecular formula is C36H40N2O4. The predicted molar refractivity (Wildman–Crippen MR) is 170 cm³/mol. The van der Waals surface area contributed by atoms with Crippen molar-refractivity contribution in [3.63, 3.8) is 0 Å². The fourth-order valence-electron chi connectivity index (χ4n) is 5.11. The van der Waals surface area contributed by atoms with Crippen LogP contribution in [0.15, 0.2) is 108 Å². The molecule has 0 radical (unpaired) electrons. The van der Waals surface area contributed by atoms with Crippen molar-refractivity contribution in [2.75, 3.05) is 17.3 Å². The molecule has 6 heteroatoms. The molecule has 3 atom stereocenters. The molecule has 5 rings (SSSR count). The number of nitrogens with one attached hydrogen (secondary N) is 1. The van der Waals surface area contributed by atoms with E-state index in [1.807, 2.05) is 112 Å². The quantitative estimate of drug-likeness (QED) is 0.149. The average Bonchev–Trinajstić information content (AvgIpc) is 3.42. The lowest BCUT2D eigenvalue weighted by Crippen LogP contribution is -2.38. The van der Waals surface area contributed by atoms with Crippen LogP contribution in [0.2, 0.25) is 0 Å². The monoisotopic (exact) mass is 564 g/mol. The van der Waals surface area contributed by atoms with E-state index in [2.05, 4.69) is 36.5 Å². The Bertz CT molecular complexity index is 1550. The molecule has 0 amide bonds. The molecule has 1 heterocycles. The number of hydrogen-bond donors (Lipinski definition) is 3. The van der Waals surface area contributed by atoms with Gasteiger partial charge in [-0.1, -0.05) is 61.5 Å². The van der Waals surface area contributed by atoms with Gasteiger partial charge in [-0.05, 0) is 86.8 Å². The zero-order chi connectivity index (χ0) is 29.9. The Labute approximate surface area is 248 Å². The number of fused-ring (bicyclic) bond motifs is 1. The van der Waals surface area contributed by atoms with Gasteiger partial charge in [0.2, 0.25) is 0 Å². The molecule has 1 aromatic heterocycles. The van der Waals surface area contributed by atoms with Crippen LogP contribution < -0.4 is 10.2 Å². The Balaban J connectivity index is 1.37. The third-order valence-electron chi connectivity index (χ3n) is 7.41. The molecule has 3 unspecified atom stereocenters. The van der Waals surface area contributed by atoms with Gasteiger partial charge >= 0.3 is 0 Å². The van der Waals surface area contributed by atoms with E-state index in [0.29, 0.717) is 5.56 Å². The summed E-state index contributed by atoms with van der Waals surface area (Å²) in [6, 6.07) is 33.4. The average molecular weight is 565 g/mol. The summed E-state index contributed by atoms with van der Waals surface area (Å²) < 4.78 is 11.7. The molecule has 0 aliphatic carbocycles. The van der Waals surface area contributed by atoms with Crippen molar-refractivity contribution in [2.24, 2.45) is 0 Å². The highest BCUT2D eigenvalue weighted by Gasteiger charge is 2.27. The second kappa shape index (κ2) is 12.4. The van der Waals surface area contributed by atoms with Crippen molar-refractivity contribution < 1.29 is 19.4 Å². The summed E-state index contributed by atoms with van der Waals surface area (Å²) in [6.45, 7) is 7.86. The van der Waals surface area contributed by atoms with Crippen molar-refractivity contribution in [1.29, 1.82) is 0 Å². The SMILES string of the molecule is CCc1ccc(C(C(O)Nc2ccc(-c3cc4ccccc4o3)cc2)N(C)c2ccc(C(O)OC(C)(C)C)cc2)cc1. The van der Waals surface area contributed by atoms with Gasteiger partial charge in [0, 0.05) is 34.9 Å². The van der Waals surface area contributed by atoms with Crippen LogP contribution in [-0.2, 0) is 11.2 Å². The van der Waals surface area contributed by atoms with Crippen LogP contribution in [0.1, 0.15) is 56.7 Å². The number of aliphatic hydroxyl groups is 2. The van der Waals surface area contributed by atoms with Crippen molar-refractivity contribution in [1.82, 2.24) is 0 Å². The Hall–Kier alpha value is -4.10. The molecule has 42 heavy (non-hydrogen) atoms. The lowest BCUT2D eigenvalue weighted by molar-refractivity contribution is -0.169. The van der Waals surface area contributed by atoms with E-state index in [9.17, 15) is 10.2 Å². The number of nitrogens with zero attached hydrogens (tertiary/aromatic N) is 1. The number of furan rings is 1. The van der Waals surface area contributed by atoms with Crippen LogP contribution in [0, 0.1) is 0 Å². The van der Waals surface area contributed by atoms with Gasteiger partial charge in [-0.2, -0.15) is 0 Å². The number of aliphatic hydroxyl groups excluding tert-OH is 2. The summed E-state index contributed by atoms with van der Waals surface area (Å²) in [6.07, 6.45) is -0.995. The zero-order valence-electron chi connectivity index (χ0n) is 24.9. The predicted octanol–water partition coefficient (Wildman–Crippen LogP) is 8.08. The first-order valence-corrected chi connectivity index (χ1v) is 14.4. The molecule has 0 aliphatic heterocycles. The maximum absolute atomic E-state index is 11.6. The molecule has 5 aromatic rings. The molecule has 218 valence electrons. The van der Waals surface area contributed by atoms with E-state index in [1.54, 1.807) is 0 Å². The summed E-state index contributed by atoms with van der Waals surface area (Å²) >= 11 is 0. The van der Waals surface area contributed by atoms with E-state index in [0.717, 1.165) is 45.7 Å². The molecule has 3 N–H and O–H groups in total. The fraction of sp³-hybridized carbons (Fsp3) is 0.278. The van der Waals surface area contributed by atoms with E-state index in [1.165, 1.54) is 5.56 Å². The highest BCUT2D eigenvalue weighted by atomic mass is 16.6. The molecule has 6 nitrogen and oxygen atoms in total. The normalized spacial score (nSPS) is 14.0. The Morgan fingerprint density at radius 1 is 0.833 bits per heavy atom. The number of aryl methyl sites for hydroxylation is 1. The number of benzene rings is 4. The molecule has 4 aromatic carbocycles. The molecule has 0 saturated heterocycles. The molecular weight excluding hydrogens is 524 g/mol. The third kappa shape index (κ3) is 6.85. The summed E-state index contributed by atoms with van der Waals surface area (Å²) in [5.41, 5.74) is 5.94. The van der Waals surface area contributed by atoms with Crippen LogP contribution in [-0.4, -0.2) is 29.1 Å². The second-order valence-corrected chi connectivity index (χ2v) is 11.6. The summed E-state index contributed by atoms with van der Waals surface area (Å²) in [5, 5.41) is 26.5. The van der Waals surface area contributed by atoms with Crippen molar-refractivity contribution in [2.45, 2.75) is 58.3 Å². The van der Waals surface area contributed by atoms with Crippen molar-refractivity contribution in [3.05, 3.63) is 120 Å². The summed E-state index contributed by atoms with van der Waals surface area (Å²) in [5.74, 6) is 0.804. The first kappa shape index (κ1) is 29.4. The number of rotatable bonds is 10. The minimum absolute atomic E-state index is 0.396. The van der Waals surface area contributed by atoms with Crippen LogP contribution in [0.3, 0.4) is 0 Å². The fourth-order valence-corrected chi connectivity index (χ4v) is 5.11. The van der Waals surface area contributed by atoms with Gasteiger partial charge in [0.15, 0.2) is 6.29 Å². The second-order valence-electron chi connectivity index (χ2n) is 11.6. The Morgan fingerprint density at radius 3 is 2.10 bits per heavy atom. The maximum Gasteiger partial charge on any atom is 0.181 e. The number of anilines is 2. The van der Waals surface area contributed by atoms with Crippen LogP contribution in [0.5, 0.6) is 0 Å². The van der Waals surface area contributed by atoms with Crippen molar-refractivity contribution in [3.8, 4) is 11.3 Å². The highest BCUT2D eigenvalue weighted by molar-refractivity contribution is 5.82. The largest absolute Gasteiger partial charge is 0.456 e.